The van der Waals surface area contributed by atoms with Crippen molar-refractivity contribution in [2.75, 3.05) is 6.54 Å². The first-order chi connectivity index (χ1) is 11.5. The number of rotatable bonds is 3. The Kier molecular flexibility index (Phi) is 4.66. The molecular formula is C18H18FNO3S. The summed E-state index contributed by atoms with van der Waals surface area (Å²) < 4.78 is 13.0. The predicted molar refractivity (Wildman–Crippen MR) is 90.6 cm³/mol. The summed E-state index contributed by atoms with van der Waals surface area (Å²) in [4.78, 5) is 27.2. The second-order valence-corrected chi connectivity index (χ2v) is 7.08. The predicted octanol–water partition coefficient (Wildman–Crippen LogP) is 3.88. The summed E-state index contributed by atoms with van der Waals surface area (Å²) in [6, 6.07) is 9.41. The van der Waals surface area contributed by atoms with Crippen molar-refractivity contribution in [2.45, 2.75) is 25.8 Å². The second-order valence-electron chi connectivity index (χ2n) is 6.00. The van der Waals surface area contributed by atoms with Crippen molar-refractivity contribution in [3.05, 3.63) is 47.1 Å². The molecule has 0 unspecified atom stereocenters. The Balaban J connectivity index is 1.80. The third-order valence-electron chi connectivity index (χ3n) is 4.51. The van der Waals surface area contributed by atoms with Crippen LogP contribution in [-0.2, 0) is 4.79 Å². The molecule has 1 aromatic heterocycles. The molecule has 1 amide bonds. The zero-order valence-electron chi connectivity index (χ0n) is 13.2. The molecule has 0 radical (unpaired) electrons. The Morgan fingerprint density at radius 3 is 2.58 bits per heavy atom. The highest BCUT2D eigenvalue weighted by Gasteiger charge is 2.36. The molecule has 1 aromatic carbocycles. The van der Waals surface area contributed by atoms with Gasteiger partial charge in [-0.05, 0) is 49.6 Å². The number of piperidine rings is 1. The van der Waals surface area contributed by atoms with E-state index in [-0.39, 0.29) is 17.8 Å². The zero-order valence-corrected chi connectivity index (χ0v) is 14.1. The molecule has 2 heterocycles. The van der Waals surface area contributed by atoms with Gasteiger partial charge in [0, 0.05) is 17.5 Å². The van der Waals surface area contributed by atoms with Crippen LogP contribution in [0.5, 0.6) is 0 Å². The van der Waals surface area contributed by atoms with Crippen LogP contribution in [0.25, 0.3) is 10.4 Å². The summed E-state index contributed by atoms with van der Waals surface area (Å²) >= 11 is 1.34. The van der Waals surface area contributed by atoms with Gasteiger partial charge in [0.15, 0.2) is 0 Å². The number of nitrogens with zero attached hydrogens (tertiary/aromatic N) is 1. The first-order valence-electron chi connectivity index (χ1n) is 7.87. The monoisotopic (exact) mass is 347 g/mol. The van der Waals surface area contributed by atoms with Gasteiger partial charge in [-0.2, -0.15) is 0 Å². The molecule has 0 aliphatic carbocycles. The maximum atomic E-state index is 13.0. The number of carboxylic acids is 1. The van der Waals surface area contributed by atoms with Crippen LogP contribution < -0.4 is 0 Å². The number of hydrogen-bond donors (Lipinski definition) is 1. The minimum Gasteiger partial charge on any atom is -0.481 e. The number of amides is 1. The molecule has 1 aliphatic heterocycles. The van der Waals surface area contributed by atoms with Gasteiger partial charge in [0.25, 0.3) is 5.91 Å². The molecule has 3 rings (SSSR count). The van der Waals surface area contributed by atoms with Gasteiger partial charge in [-0.15, -0.1) is 11.3 Å². The lowest BCUT2D eigenvalue weighted by molar-refractivity contribution is -0.144. The van der Waals surface area contributed by atoms with E-state index < -0.39 is 11.9 Å². The van der Waals surface area contributed by atoms with Gasteiger partial charge in [-0.25, -0.2) is 4.39 Å². The third kappa shape index (κ3) is 3.19. The molecule has 1 aliphatic rings. The molecule has 2 aromatic rings. The number of aliphatic carboxylic acids is 1. The van der Waals surface area contributed by atoms with Crippen LogP contribution in [0, 0.1) is 11.7 Å². The summed E-state index contributed by atoms with van der Waals surface area (Å²) in [6.07, 6.45) is 1.30. The number of likely N-dealkylation sites (tertiary alicyclic amines) is 1. The number of hydrogen-bond acceptors (Lipinski definition) is 3. The topological polar surface area (TPSA) is 57.6 Å². The summed E-state index contributed by atoms with van der Waals surface area (Å²) in [7, 11) is 0. The van der Waals surface area contributed by atoms with E-state index in [9.17, 15) is 19.1 Å². The molecule has 4 nitrogen and oxygen atoms in total. The summed E-state index contributed by atoms with van der Waals surface area (Å²) in [5.74, 6) is -1.79. The number of carbonyl (C=O) groups excluding carboxylic acids is 1. The highest BCUT2D eigenvalue weighted by atomic mass is 32.1. The van der Waals surface area contributed by atoms with Gasteiger partial charge in [-0.1, -0.05) is 12.1 Å². The highest BCUT2D eigenvalue weighted by molar-refractivity contribution is 7.17. The first-order valence-corrected chi connectivity index (χ1v) is 8.68. The Bertz CT molecular complexity index is 756. The molecule has 2 atom stereocenters. The molecule has 1 N–H and O–H groups in total. The van der Waals surface area contributed by atoms with Gasteiger partial charge < -0.3 is 10.0 Å². The SMILES string of the molecule is C[C@@H]1[C@H](C(=O)O)CCCN1C(=O)c1ccc(-c2ccc(F)cc2)s1. The molecule has 24 heavy (non-hydrogen) atoms. The van der Waals surface area contributed by atoms with E-state index in [0.29, 0.717) is 24.3 Å². The fourth-order valence-electron chi connectivity index (χ4n) is 3.12. The number of carbonyl (C=O) groups is 2. The van der Waals surface area contributed by atoms with Gasteiger partial charge in [0.05, 0.1) is 10.8 Å². The smallest absolute Gasteiger partial charge is 0.308 e. The van der Waals surface area contributed by atoms with Crippen LogP contribution in [0.3, 0.4) is 0 Å². The van der Waals surface area contributed by atoms with Crippen LogP contribution in [0.1, 0.15) is 29.4 Å². The number of halogens is 1. The average molecular weight is 347 g/mol. The van der Waals surface area contributed by atoms with Gasteiger partial charge in [0.2, 0.25) is 0 Å². The normalized spacial score (nSPS) is 20.8. The Morgan fingerprint density at radius 2 is 1.92 bits per heavy atom. The van der Waals surface area contributed by atoms with Crippen molar-refractivity contribution in [1.82, 2.24) is 4.90 Å². The van der Waals surface area contributed by atoms with E-state index in [4.69, 9.17) is 0 Å². The van der Waals surface area contributed by atoms with E-state index in [0.717, 1.165) is 10.4 Å². The highest BCUT2D eigenvalue weighted by Crippen LogP contribution is 2.31. The van der Waals surface area contributed by atoms with Crippen LogP contribution in [-0.4, -0.2) is 34.5 Å². The molecule has 0 bridgehead atoms. The van der Waals surface area contributed by atoms with Gasteiger partial charge >= 0.3 is 5.97 Å². The van der Waals surface area contributed by atoms with E-state index in [1.54, 1.807) is 30.0 Å². The van der Waals surface area contributed by atoms with Crippen molar-refractivity contribution in [3.63, 3.8) is 0 Å². The third-order valence-corrected chi connectivity index (χ3v) is 5.63. The lowest BCUT2D eigenvalue weighted by Crippen LogP contribution is -2.48. The molecule has 0 spiro atoms. The van der Waals surface area contributed by atoms with E-state index in [2.05, 4.69) is 0 Å². The zero-order chi connectivity index (χ0) is 17.3. The number of thiophene rings is 1. The Hall–Kier alpha value is -2.21. The van der Waals surface area contributed by atoms with E-state index in [1.165, 1.54) is 23.5 Å². The fourth-order valence-corrected chi connectivity index (χ4v) is 4.09. The molecule has 6 heteroatoms. The standard InChI is InChI=1S/C18H18FNO3S/c1-11-14(18(22)23)3-2-10-20(11)17(21)16-9-8-15(24-16)12-4-6-13(19)7-5-12/h4-9,11,14H,2-3,10H2,1H3,(H,22,23)/t11-,14-/m1/s1. The maximum absolute atomic E-state index is 13.0. The lowest BCUT2D eigenvalue weighted by atomic mass is 9.90. The van der Waals surface area contributed by atoms with Crippen LogP contribution >= 0.6 is 11.3 Å². The lowest BCUT2D eigenvalue weighted by Gasteiger charge is -2.37. The largest absolute Gasteiger partial charge is 0.481 e. The van der Waals surface area contributed by atoms with Crippen molar-refractivity contribution in [3.8, 4) is 10.4 Å². The van der Waals surface area contributed by atoms with Gasteiger partial charge in [-0.3, -0.25) is 9.59 Å². The quantitative estimate of drug-likeness (QED) is 0.917. The van der Waals surface area contributed by atoms with Crippen molar-refractivity contribution in [1.29, 1.82) is 0 Å². The summed E-state index contributed by atoms with van der Waals surface area (Å²) in [5, 5.41) is 9.29. The van der Waals surface area contributed by atoms with Gasteiger partial charge in [0.1, 0.15) is 5.82 Å². The fraction of sp³-hybridized carbons (Fsp3) is 0.333. The Labute approximate surface area is 143 Å². The van der Waals surface area contributed by atoms with E-state index in [1.807, 2.05) is 6.07 Å². The molecule has 1 fully saturated rings. The summed E-state index contributed by atoms with van der Waals surface area (Å²) in [6.45, 7) is 2.37. The number of carboxylic acid groups (broad SMARTS) is 1. The average Bonchev–Trinajstić information content (AvgIpc) is 3.05. The first kappa shape index (κ1) is 16.6. The Morgan fingerprint density at radius 1 is 1.21 bits per heavy atom. The maximum Gasteiger partial charge on any atom is 0.308 e. The molecule has 126 valence electrons. The second kappa shape index (κ2) is 6.73. The van der Waals surface area contributed by atoms with Crippen molar-refractivity contribution < 1.29 is 19.1 Å². The van der Waals surface area contributed by atoms with Crippen LogP contribution in [0.15, 0.2) is 36.4 Å². The summed E-state index contributed by atoms with van der Waals surface area (Å²) in [5.41, 5.74) is 0.857. The number of benzene rings is 1. The van der Waals surface area contributed by atoms with E-state index >= 15 is 0 Å². The molecular weight excluding hydrogens is 329 g/mol. The van der Waals surface area contributed by atoms with Crippen molar-refractivity contribution in [2.24, 2.45) is 5.92 Å². The van der Waals surface area contributed by atoms with Crippen molar-refractivity contribution >= 4 is 23.2 Å². The minimum atomic E-state index is -0.849. The molecule has 0 saturated carbocycles. The van der Waals surface area contributed by atoms with Crippen LogP contribution in [0.4, 0.5) is 4.39 Å². The minimum absolute atomic E-state index is 0.133. The van der Waals surface area contributed by atoms with Crippen LogP contribution in [0.2, 0.25) is 0 Å². The molecule has 1 saturated heterocycles.